The van der Waals surface area contributed by atoms with Crippen LogP contribution >= 0.6 is 11.6 Å². The minimum atomic E-state index is -0.516. The standard InChI is InChI=1S/C16H21ClFN3O3/c17-12-8-11(2-3-13(12)18)19-16(23)21-5-1-4-20(6-7-21)14-9-24-10-15(14)22/h2-3,8,14-15,22H,1,4-7,9-10H2,(H,19,23)/t14-,15-/m0/s1. The fourth-order valence-electron chi connectivity index (χ4n) is 3.13. The van der Waals surface area contributed by atoms with Gasteiger partial charge in [0, 0.05) is 31.9 Å². The number of urea groups is 1. The van der Waals surface area contributed by atoms with E-state index in [1.54, 1.807) is 4.90 Å². The molecule has 3 rings (SSSR count). The van der Waals surface area contributed by atoms with Crippen molar-refractivity contribution in [1.82, 2.24) is 9.80 Å². The summed E-state index contributed by atoms with van der Waals surface area (Å²) < 4.78 is 18.5. The number of nitrogens with one attached hydrogen (secondary N) is 1. The Balaban J connectivity index is 1.57. The Morgan fingerprint density at radius 1 is 1.29 bits per heavy atom. The summed E-state index contributed by atoms with van der Waals surface area (Å²) in [5.74, 6) is -0.516. The molecule has 0 aliphatic carbocycles. The summed E-state index contributed by atoms with van der Waals surface area (Å²) in [5.41, 5.74) is 0.465. The van der Waals surface area contributed by atoms with Crippen molar-refractivity contribution in [3.05, 3.63) is 29.0 Å². The van der Waals surface area contributed by atoms with Crippen molar-refractivity contribution >= 4 is 23.3 Å². The molecule has 2 N–H and O–H groups in total. The van der Waals surface area contributed by atoms with E-state index in [2.05, 4.69) is 10.2 Å². The summed E-state index contributed by atoms with van der Waals surface area (Å²) in [6, 6.07) is 3.87. The fraction of sp³-hybridized carbons (Fsp3) is 0.562. The predicted octanol–water partition coefficient (Wildman–Crippen LogP) is 1.78. The molecule has 0 bridgehead atoms. The van der Waals surface area contributed by atoms with E-state index in [1.807, 2.05) is 0 Å². The number of aliphatic hydroxyl groups is 1. The number of benzene rings is 1. The summed E-state index contributed by atoms with van der Waals surface area (Å²) in [7, 11) is 0. The highest BCUT2D eigenvalue weighted by atomic mass is 35.5. The monoisotopic (exact) mass is 357 g/mol. The molecular formula is C16H21ClFN3O3. The third kappa shape index (κ3) is 3.97. The van der Waals surface area contributed by atoms with Crippen molar-refractivity contribution in [2.45, 2.75) is 18.6 Å². The summed E-state index contributed by atoms with van der Waals surface area (Å²) in [6.07, 6.45) is 0.354. The lowest BCUT2D eigenvalue weighted by Crippen LogP contribution is -2.45. The van der Waals surface area contributed by atoms with Gasteiger partial charge in [-0.25, -0.2) is 9.18 Å². The first-order chi connectivity index (χ1) is 11.5. The quantitative estimate of drug-likeness (QED) is 0.846. The van der Waals surface area contributed by atoms with Crippen LogP contribution in [-0.2, 0) is 4.74 Å². The van der Waals surface area contributed by atoms with E-state index in [4.69, 9.17) is 16.3 Å². The van der Waals surface area contributed by atoms with Crippen LogP contribution in [0.4, 0.5) is 14.9 Å². The summed E-state index contributed by atoms with van der Waals surface area (Å²) >= 11 is 5.73. The molecule has 0 aromatic heterocycles. The second kappa shape index (κ2) is 7.65. The lowest BCUT2D eigenvalue weighted by atomic mass is 10.2. The normalized spacial score (nSPS) is 25.5. The zero-order chi connectivity index (χ0) is 17.1. The van der Waals surface area contributed by atoms with Crippen molar-refractivity contribution in [2.24, 2.45) is 0 Å². The van der Waals surface area contributed by atoms with Gasteiger partial charge in [0.15, 0.2) is 0 Å². The van der Waals surface area contributed by atoms with Crippen molar-refractivity contribution in [1.29, 1.82) is 0 Å². The Hall–Kier alpha value is -1.41. The van der Waals surface area contributed by atoms with Crippen LogP contribution in [0.2, 0.25) is 5.02 Å². The third-order valence-electron chi connectivity index (χ3n) is 4.48. The number of ether oxygens (including phenoxy) is 1. The van der Waals surface area contributed by atoms with Crippen LogP contribution < -0.4 is 5.32 Å². The molecule has 132 valence electrons. The number of amides is 2. The van der Waals surface area contributed by atoms with Gasteiger partial charge in [-0.05, 0) is 24.6 Å². The first-order valence-electron chi connectivity index (χ1n) is 8.05. The molecule has 2 heterocycles. The van der Waals surface area contributed by atoms with Crippen LogP contribution in [0.25, 0.3) is 0 Å². The number of anilines is 1. The van der Waals surface area contributed by atoms with Gasteiger partial charge in [0.25, 0.3) is 0 Å². The Labute approximate surface area is 145 Å². The molecule has 1 aromatic carbocycles. The average molecular weight is 358 g/mol. The molecule has 2 aliphatic rings. The lowest BCUT2D eigenvalue weighted by molar-refractivity contribution is 0.0845. The van der Waals surface area contributed by atoms with Crippen molar-refractivity contribution in [3.63, 3.8) is 0 Å². The van der Waals surface area contributed by atoms with Crippen LogP contribution in [0.1, 0.15) is 6.42 Å². The number of nitrogens with zero attached hydrogens (tertiary/aromatic N) is 2. The van der Waals surface area contributed by atoms with Gasteiger partial charge in [-0.3, -0.25) is 4.90 Å². The number of aliphatic hydroxyl groups excluding tert-OH is 1. The summed E-state index contributed by atoms with van der Waals surface area (Å²) in [4.78, 5) is 16.3. The van der Waals surface area contributed by atoms with E-state index in [9.17, 15) is 14.3 Å². The molecule has 2 amide bonds. The van der Waals surface area contributed by atoms with Crippen molar-refractivity contribution in [2.75, 3.05) is 44.7 Å². The zero-order valence-electron chi connectivity index (χ0n) is 13.3. The molecule has 2 saturated heterocycles. The molecular weight excluding hydrogens is 337 g/mol. The van der Waals surface area contributed by atoms with Crippen LogP contribution in [0.3, 0.4) is 0 Å². The van der Waals surface area contributed by atoms with Gasteiger partial charge in [0.05, 0.1) is 30.4 Å². The third-order valence-corrected chi connectivity index (χ3v) is 4.77. The summed E-state index contributed by atoms with van der Waals surface area (Å²) in [6.45, 7) is 3.59. The number of rotatable bonds is 2. The maximum absolute atomic E-state index is 13.2. The molecule has 1 aromatic rings. The fourth-order valence-corrected chi connectivity index (χ4v) is 3.31. The molecule has 2 fully saturated rings. The molecule has 2 atom stereocenters. The second-order valence-electron chi connectivity index (χ2n) is 6.11. The minimum Gasteiger partial charge on any atom is -0.389 e. The highest BCUT2D eigenvalue weighted by Crippen LogP contribution is 2.20. The summed E-state index contributed by atoms with van der Waals surface area (Å²) in [5, 5.41) is 12.7. The average Bonchev–Trinajstić information content (AvgIpc) is 2.83. The number of hydrogen-bond donors (Lipinski definition) is 2. The molecule has 2 aliphatic heterocycles. The lowest BCUT2D eigenvalue weighted by Gasteiger charge is -2.28. The number of carbonyl (C=O) groups excluding carboxylic acids is 1. The number of hydrogen-bond acceptors (Lipinski definition) is 4. The molecule has 0 spiro atoms. The number of carbonyl (C=O) groups is 1. The van der Waals surface area contributed by atoms with E-state index < -0.39 is 11.9 Å². The SMILES string of the molecule is O=C(Nc1ccc(F)c(Cl)c1)N1CCCN([C@H]2COC[C@@H]2O)CC1. The highest BCUT2D eigenvalue weighted by molar-refractivity contribution is 6.31. The minimum absolute atomic E-state index is 0.00363. The molecule has 8 heteroatoms. The maximum atomic E-state index is 13.2. The van der Waals surface area contributed by atoms with Gasteiger partial charge in [0.2, 0.25) is 0 Å². The van der Waals surface area contributed by atoms with Crippen LogP contribution in [0, 0.1) is 5.82 Å². The van der Waals surface area contributed by atoms with Gasteiger partial charge < -0.3 is 20.1 Å². The highest BCUT2D eigenvalue weighted by Gasteiger charge is 2.33. The zero-order valence-corrected chi connectivity index (χ0v) is 14.0. The van der Waals surface area contributed by atoms with Gasteiger partial charge in [-0.15, -0.1) is 0 Å². The molecule has 24 heavy (non-hydrogen) atoms. The van der Waals surface area contributed by atoms with Gasteiger partial charge >= 0.3 is 6.03 Å². The Morgan fingerprint density at radius 3 is 2.83 bits per heavy atom. The van der Waals surface area contributed by atoms with E-state index in [-0.39, 0.29) is 17.1 Å². The molecule has 0 radical (unpaired) electrons. The topological polar surface area (TPSA) is 65.0 Å². The van der Waals surface area contributed by atoms with Gasteiger partial charge in [-0.1, -0.05) is 11.6 Å². The van der Waals surface area contributed by atoms with Crippen molar-refractivity contribution < 1.29 is 19.0 Å². The maximum Gasteiger partial charge on any atom is 0.321 e. The largest absolute Gasteiger partial charge is 0.389 e. The number of halogens is 2. The van der Waals surface area contributed by atoms with Crippen LogP contribution in [0.5, 0.6) is 0 Å². The van der Waals surface area contributed by atoms with Crippen molar-refractivity contribution in [3.8, 4) is 0 Å². The van der Waals surface area contributed by atoms with E-state index in [0.717, 1.165) is 13.0 Å². The second-order valence-corrected chi connectivity index (χ2v) is 6.51. The molecule has 0 saturated carbocycles. The van der Waals surface area contributed by atoms with E-state index in [0.29, 0.717) is 38.5 Å². The Kier molecular flexibility index (Phi) is 5.55. The Bertz CT molecular complexity index is 604. The van der Waals surface area contributed by atoms with Gasteiger partial charge in [0.1, 0.15) is 5.82 Å². The Morgan fingerprint density at radius 2 is 2.12 bits per heavy atom. The van der Waals surface area contributed by atoms with Crippen LogP contribution in [-0.4, -0.2) is 72.5 Å². The first-order valence-corrected chi connectivity index (χ1v) is 8.43. The van der Waals surface area contributed by atoms with E-state index in [1.165, 1.54) is 18.2 Å². The van der Waals surface area contributed by atoms with E-state index >= 15 is 0 Å². The predicted molar refractivity (Wildman–Crippen MR) is 88.8 cm³/mol. The van der Waals surface area contributed by atoms with Gasteiger partial charge in [-0.2, -0.15) is 0 Å². The smallest absolute Gasteiger partial charge is 0.321 e. The molecule has 0 unspecified atom stereocenters. The molecule has 6 nitrogen and oxygen atoms in total. The van der Waals surface area contributed by atoms with Crippen LogP contribution in [0.15, 0.2) is 18.2 Å². The first kappa shape index (κ1) is 17.4.